The Kier molecular flexibility index (Phi) is 3.64. The molecule has 0 radical (unpaired) electrons. The van der Waals surface area contributed by atoms with Gasteiger partial charge in [-0.05, 0) is 36.1 Å². The minimum absolute atomic E-state index is 0.0756. The fourth-order valence-corrected chi connectivity index (χ4v) is 2.87. The minimum Gasteiger partial charge on any atom is -0.490 e. The van der Waals surface area contributed by atoms with E-state index in [9.17, 15) is 0 Å². The highest BCUT2D eigenvalue weighted by Gasteiger charge is 2.49. The third kappa shape index (κ3) is 2.38. The molecule has 0 amide bonds. The van der Waals surface area contributed by atoms with Crippen LogP contribution in [-0.2, 0) is 0 Å². The molecule has 2 unspecified atom stereocenters. The first-order chi connectivity index (χ1) is 8.32. The van der Waals surface area contributed by atoms with Crippen LogP contribution in [0, 0.1) is 12.3 Å². The number of hydrogen-bond acceptors (Lipinski definition) is 1. The Balaban J connectivity index is 2.10. The van der Waals surface area contributed by atoms with Crippen LogP contribution in [0.4, 0.5) is 0 Å². The Morgan fingerprint density at radius 3 is 2.44 bits per heavy atom. The zero-order chi connectivity index (χ0) is 13.5. The lowest BCUT2D eigenvalue weighted by atomic mass is 9.68. The quantitative estimate of drug-likeness (QED) is 0.707. The van der Waals surface area contributed by atoms with Gasteiger partial charge in [0.2, 0.25) is 0 Å². The molecule has 2 rings (SSSR count). The van der Waals surface area contributed by atoms with Crippen molar-refractivity contribution in [3.05, 3.63) is 29.3 Å². The molecule has 0 N–H and O–H groups in total. The van der Waals surface area contributed by atoms with E-state index in [1.165, 1.54) is 11.1 Å². The van der Waals surface area contributed by atoms with Crippen LogP contribution >= 0.6 is 11.6 Å². The molecule has 1 nitrogen and oxygen atoms in total. The van der Waals surface area contributed by atoms with Crippen LogP contribution in [0.2, 0.25) is 0 Å². The topological polar surface area (TPSA) is 9.23 Å². The van der Waals surface area contributed by atoms with E-state index >= 15 is 0 Å². The summed E-state index contributed by atoms with van der Waals surface area (Å²) in [5.41, 5.74) is 2.78. The van der Waals surface area contributed by atoms with Gasteiger partial charge in [0.25, 0.3) is 0 Å². The fraction of sp³-hybridized carbons (Fsp3) is 0.625. The van der Waals surface area contributed by atoms with E-state index in [-0.39, 0.29) is 16.9 Å². The first-order valence-corrected chi connectivity index (χ1v) is 7.17. The van der Waals surface area contributed by atoms with Gasteiger partial charge in [-0.3, -0.25) is 0 Å². The molecule has 1 saturated carbocycles. The second-order valence-electron chi connectivity index (χ2n) is 6.30. The van der Waals surface area contributed by atoms with E-state index in [2.05, 4.69) is 52.8 Å². The first kappa shape index (κ1) is 13.7. The van der Waals surface area contributed by atoms with E-state index in [4.69, 9.17) is 16.3 Å². The smallest absolute Gasteiger partial charge is 0.120 e. The second-order valence-corrected chi connectivity index (χ2v) is 6.83. The van der Waals surface area contributed by atoms with Crippen LogP contribution < -0.4 is 4.74 Å². The molecule has 1 aromatic carbocycles. The molecule has 1 aromatic rings. The molecule has 100 valence electrons. The third-order valence-corrected chi connectivity index (χ3v) is 4.94. The van der Waals surface area contributed by atoms with Crippen molar-refractivity contribution >= 4 is 11.6 Å². The van der Waals surface area contributed by atoms with Gasteiger partial charge in [0.1, 0.15) is 11.9 Å². The molecule has 1 aliphatic carbocycles. The van der Waals surface area contributed by atoms with Crippen molar-refractivity contribution in [2.75, 3.05) is 0 Å². The molecule has 0 saturated heterocycles. The predicted molar refractivity (Wildman–Crippen MR) is 77.7 cm³/mol. The molecule has 0 spiro atoms. The molecule has 0 bridgehead atoms. The molecule has 2 atom stereocenters. The normalized spacial score (nSPS) is 25.9. The predicted octanol–water partition coefficient (Wildman–Crippen LogP) is 4.90. The number of ether oxygens (including phenoxy) is 1. The number of benzene rings is 1. The lowest BCUT2D eigenvalue weighted by molar-refractivity contribution is -0.0130. The zero-order valence-electron chi connectivity index (χ0n) is 12.0. The van der Waals surface area contributed by atoms with Gasteiger partial charge >= 0.3 is 0 Å². The SMILES string of the molecule is Cc1cc(OC2CC(Cl)C2(C)C)ccc1C(C)C. The van der Waals surface area contributed by atoms with E-state index < -0.39 is 0 Å². The maximum atomic E-state index is 6.22. The number of alkyl halides is 1. The van der Waals surface area contributed by atoms with Crippen LogP contribution in [0.25, 0.3) is 0 Å². The molecular weight excluding hydrogens is 244 g/mol. The van der Waals surface area contributed by atoms with Crippen LogP contribution in [0.3, 0.4) is 0 Å². The van der Waals surface area contributed by atoms with Crippen molar-refractivity contribution in [2.45, 2.75) is 58.4 Å². The minimum atomic E-state index is 0.0756. The van der Waals surface area contributed by atoms with Gasteiger partial charge in [-0.1, -0.05) is 33.8 Å². The lowest BCUT2D eigenvalue weighted by Crippen LogP contribution is -2.53. The lowest BCUT2D eigenvalue weighted by Gasteiger charge is -2.48. The van der Waals surface area contributed by atoms with Crippen LogP contribution in [-0.4, -0.2) is 11.5 Å². The standard InChI is InChI=1S/C16H23ClO/c1-10(2)13-7-6-12(8-11(13)3)18-15-9-14(17)16(15,4)5/h6-8,10,14-15H,9H2,1-5H3. The third-order valence-electron chi connectivity index (χ3n) is 4.20. The van der Waals surface area contributed by atoms with E-state index in [1.54, 1.807) is 0 Å². The van der Waals surface area contributed by atoms with Gasteiger partial charge < -0.3 is 4.74 Å². The Labute approximate surface area is 115 Å². The highest BCUT2D eigenvalue weighted by molar-refractivity contribution is 6.21. The highest BCUT2D eigenvalue weighted by Crippen LogP contribution is 2.46. The summed E-state index contributed by atoms with van der Waals surface area (Å²) in [5.74, 6) is 1.53. The average molecular weight is 267 g/mol. The molecule has 0 aromatic heterocycles. The van der Waals surface area contributed by atoms with Crippen LogP contribution in [0.15, 0.2) is 18.2 Å². The Morgan fingerprint density at radius 2 is 2.00 bits per heavy atom. The Morgan fingerprint density at radius 1 is 1.33 bits per heavy atom. The summed E-state index contributed by atoms with van der Waals surface area (Å²) in [5, 5.41) is 0.235. The molecule has 0 aliphatic heterocycles. The largest absolute Gasteiger partial charge is 0.490 e. The van der Waals surface area contributed by atoms with Crippen molar-refractivity contribution in [1.82, 2.24) is 0 Å². The molecule has 1 fully saturated rings. The van der Waals surface area contributed by atoms with Gasteiger partial charge in [-0.2, -0.15) is 0 Å². The van der Waals surface area contributed by atoms with Crippen molar-refractivity contribution in [1.29, 1.82) is 0 Å². The maximum absolute atomic E-state index is 6.22. The summed E-state index contributed by atoms with van der Waals surface area (Å²) < 4.78 is 6.07. The Hall–Kier alpha value is -0.690. The Bertz CT molecular complexity index is 437. The number of aryl methyl sites for hydroxylation is 1. The fourth-order valence-electron chi connectivity index (χ4n) is 2.57. The zero-order valence-corrected chi connectivity index (χ0v) is 12.7. The summed E-state index contributed by atoms with van der Waals surface area (Å²) in [6.45, 7) is 10.9. The van der Waals surface area contributed by atoms with Crippen molar-refractivity contribution in [3.8, 4) is 5.75 Å². The number of hydrogen-bond donors (Lipinski definition) is 0. The van der Waals surface area contributed by atoms with Gasteiger partial charge in [-0.15, -0.1) is 11.6 Å². The average Bonchev–Trinajstić information content (AvgIpc) is 2.28. The van der Waals surface area contributed by atoms with E-state index in [1.807, 2.05) is 0 Å². The number of rotatable bonds is 3. The molecular formula is C16H23ClO. The molecule has 0 heterocycles. The van der Waals surface area contributed by atoms with E-state index in [0.717, 1.165) is 12.2 Å². The first-order valence-electron chi connectivity index (χ1n) is 6.73. The molecule has 18 heavy (non-hydrogen) atoms. The van der Waals surface area contributed by atoms with E-state index in [0.29, 0.717) is 5.92 Å². The summed E-state index contributed by atoms with van der Waals surface area (Å²) in [4.78, 5) is 0. The summed E-state index contributed by atoms with van der Waals surface area (Å²) >= 11 is 6.22. The van der Waals surface area contributed by atoms with Gasteiger partial charge in [-0.25, -0.2) is 0 Å². The maximum Gasteiger partial charge on any atom is 0.120 e. The highest BCUT2D eigenvalue weighted by atomic mass is 35.5. The van der Waals surface area contributed by atoms with Crippen molar-refractivity contribution < 1.29 is 4.74 Å². The number of halogens is 1. The monoisotopic (exact) mass is 266 g/mol. The van der Waals surface area contributed by atoms with Gasteiger partial charge in [0.05, 0.1) is 0 Å². The summed E-state index contributed by atoms with van der Waals surface area (Å²) in [6.07, 6.45) is 1.18. The van der Waals surface area contributed by atoms with Gasteiger partial charge in [0, 0.05) is 17.2 Å². The second kappa shape index (κ2) is 4.77. The van der Waals surface area contributed by atoms with Crippen LogP contribution in [0.5, 0.6) is 5.75 Å². The molecule has 1 aliphatic rings. The van der Waals surface area contributed by atoms with Crippen molar-refractivity contribution in [2.24, 2.45) is 5.41 Å². The summed E-state index contributed by atoms with van der Waals surface area (Å²) in [7, 11) is 0. The summed E-state index contributed by atoms with van der Waals surface area (Å²) in [6, 6.07) is 6.41. The van der Waals surface area contributed by atoms with Crippen molar-refractivity contribution in [3.63, 3.8) is 0 Å². The van der Waals surface area contributed by atoms with Crippen LogP contribution in [0.1, 0.15) is 51.2 Å². The van der Waals surface area contributed by atoms with Gasteiger partial charge in [0.15, 0.2) is 0 Å². The molecule has 2 heteroatoms.